The summed E-state index contributed by atoms with van der Waals surface area (Å²) in [5, 5.41) is 12.5. The first-order chi connectivity index (χ1) is 9.40. The van der Waals surface area contributed by atoms with Gasteiger partial charge >= 0.3 is 5.97 Å². The number of carboxylic acids is 1. The first-order valence-corrected chi connectivity index (χ1v) is 8.20. The predicted octanol–water partition coefficient (Wildman–Crippen LogP) is 3.23. The van der Waals surface area contributed by atoms with E-state index in [9.17, 15) is 9.90 Å². The van der Waals surface area contributed by atoms with Crippen molar-refractivity contribution in [3.63, 3.8) is 0 Å². The summed E-state index contributed by atoms with van der Waals surface area (Å²) in [6, 6.07) is 8.06. The highest BCUT2D eigenvalue weighted by Crippen LogP contribution is 2.31. The summed E-state index contributed by atoms with van der Waals surface area (Å²) in [5.41, 5.74) is 0.0188. The normalized spacial score (nSPS) is 14.6. The molecular formula is C14H18N2O2S2. The SMILES string of the molecule is CC(C)NC(C)(CSc1nc2ccccc2s1)C(=O)O. The van der Waals surface area contributed by atoms with E-state index in [1.165, 1.54) is 11.8 Å². The third kappa shape index (κ3) is 3.50. The number of carbonyl (C=O) groups is 1. The standard InChI is InChI=1S/C14H18N2O2S2/c1-9(2)16-14(3,12(17)18)8-19-13-15-10-6-4-5-7-11(10)20-13/h4-7,9,16H,8H2,1-3H3,(H,17,18). The van der Waals surface area contributed by atoms with Gasteiger partial charge in [-0.3, -0.25) is 10.1 Å². The lowest BCUT2D eigenvalue weighted by molar-refractivity contribution is -0.143. The minimum atomic E-state index is -0.948. The smallest absolute Gasteiger partial charge is 0.324 e. The summed E-state index contributed by atoms with van der Waals surface area (Å²) >= 11 is 3.09. The van der Waals surface area contributed by atoms with Crippen LogP contribution >= 0.6 is 23.1 Å². The van der Waals surface area contributed by atoms with Gasteiger partial charge in [-0.1, -0.05) is 23.9 Å². The van der Waals surface area contributed by atoms with Gasteiger partial charge in [-0.2, -0.15) is 0 Å². The Kier molecular flexibility index (Phi) is 4.67. The van der Waals surface area contributed by atoms with Crippen LogP contribution in [-0.2, 0) is 4.79 Å². The molecule has 0 amide bonds. The topological polar surface area (TPSA) is 62.2 Å². The molecule has 0 spiro atoms. The first-order valence-electron chi connectivity index (χ1n) is 6.40. The van der Waals surface area contributed by atoms with Crippen molar-refractivity contribution in [2.75, 3.05) is 5.75 Å². The minimum absolute atomic E-state index is 0.118. The lowest BCUT2D eigenvalue weighted by Crippen LogP contribution is -2.54. The number of nitrogens with zero attached hydrogens (tertiary/aromatic N) is 1. The Bertz CT molecular complexity index is 579. The van der Waals surface area contributed by atoms with Crippen molar-refractivity contribution in [2.24, 2.45) is 0 Å². The van der Waals surface area contributed by atoms with Gasteiger partial charge < -0.3 is 5.11 Å². The molecule has 108 valence electrons. The number of aromatic nitrogens is 1. The highest BCUT2D eigenvalue weighted by molar-refractivity contribution is 8.01. The number of fused-ring (bicyclic) bond motifs is 1. The molecule has 2 rings (SSSR count). The third-order valence-corrected chi connectivity index (χ3v) is 5.33. The second-order valence-electron chi connectivity index (χ2n) is 5.17. The number of aliphatic carboxylic acids is 1. The average molecular weight is 310 g/mol. The molecule has 4 nitrogen and oxygen atoms in total. The molecule has 0 fully saturated rings. The Balaban J connectivity index is 2.10. The van der Waals surface area contributed by atoms with E-state index in [0.717, 1.165) is 14.6 Å². The third-order valence-electron chi connectivity index (χ3n) is 2.84. The van der Waals surface area contributed by atoms with Crippen molar-refractivity contribution in [1.82, 2.24) is 10.3 Å². The van der Waals surface area contributed by atoms with E-state index < -0.39 is 11.5 Å². The molecule has 0 saturated heterocycles. The van der Waals surface area contributed by atoms with Gasteiger partial charge in [0.1, 0.15) is 5.54 Å². The van der Waals surface area contributed by atoms with Crippen molar-refractivity contribution in [2.45, 2.75) is 36.7 Å². The van der Waals surface area contributed by atoms with Crippen LogP contribution < -0.4 is 5.32 Å². The van der Waals surface area contributed by atoms with E-state index in [1.54, 1.807) is 18.3 Å². The molecule has 20 heavy (non-hydrogen) atoms. The fourth-order valence-electron chi connectivity index (χ4n) is 1.92. The van der Waals surface area contributed by atoms with E-state index in [2.05, 4.69) is 10.3 Å². The van der Waals surface area contributed by atoms with Crippen LogP contribution in [0.15, 0.2) is 28.6 Å². The maximum absolute atomic E-state index is 11.5. The molecule has 0 saturated carbocycles. The molecular weight excluding hydrogens is 292 g/mol. The molecule has 0 aliphatic rings. The van der Waals surface area contributed by atoms with Crippen molar-refractivity contribution >= 4 is 39.3 Å². The summed E-state index contributed by atoms with van der Waals surface area (Å²) in [6.45, 7) is 5.61. The van der Waals surface area contributed by atoms with Crippen molar-refractivity contribution < 1.29 is 9.90 Å². The summed E-state index contributed by atoms with van der Waals surface area (Å²) in [5.74, 6) is -0.389. The van der Waals surface area contributed by atoms with Crippen LogP contribution in [0.2, 0.25) is 0 Å². The zero-order valence-corrected chi connectivity index (χ0v) is 13.3. The minimum Gasteiger partial charge on any atom is -0.480 e. The second kappa shape index (κ2) is 6.11. The quantitative estimate of drug-likeness (QED) is 0.802. The Morgan fingerprint density at radius 1 is 1.50 bits per heavy atom. The number of hydrogen-bond donors (Lipinski definition) is 2. The highest BCUT2D eigenvalue weighted by Gasteiger charge is 2.33. The molecule has 1 aromatic heterocycles. The van der Waals surface area contributed by atoms with Gasteiger partial charge in [-0.25, -0.2) is 4.98 Å². The van der Waals surface area contributed by atoms with Gasteiger partial charge in [-0.15, -0.1) is 11.3 Å². The van der Waals surface area contributed by atoms with Crippen LogP contribution in [0.5, 0.6) is 0 Å². The van der Waals surface area contributed by atoms with Crippen LogP contribution in [0, 0.1) is 0 Å². The van der Waals surface area contributed by atoms with Crippen LogP contribution in [0.25, 0.3) is 10.2 Å². The molecule has 1 aromatic carbocycles. The first kappa shape index (κ1) is 15.3. The Labute approximate surface area is 126 Å². The average Bonchev–Trinajstić information content (AvgIpc) is 2.78. The van der Waals surface area contributed by atoms with Gasteiger partial charge in [0, 0.05) is 11.8 Å². The van der Waals surface area contributed by atoms with Crippen LogP contribution in [0.1, 0.15) is 20.8 Å². The van der Waals surface area contributed by atoms with E-state index >= 15 is 0 Å². The van der Waals surface area contributed by atoms with E-state index in [-0.39, 0.29) is 6.04 Å². The number of rotatable bonds is 6. The highest BCUT2D eigenvalue weighted by atomic mass is 32.2. The maximum Gasteiger partial charge on any atom is 0.324 e. The van der Waals surface area contributed by atoms with Gasteiger partial charge in [0.2, 0.25) is 0 Å². The molecule has 0 radical (unpaired) electrons. The zero-order chi connectivity index (χ0) is 14.8. The number of thiazole rings is 1. The zero-order valence-electron chi connectivity index (χ0n) is 11.7. The number of para-hydroxylation sites is 1. The Morgan fingerprint density at radius 3 is 2.80 bits per heavy atom. The molecule has 0 aliphatic heterocycles. The summed E-state index contributed by atoms with van der Waals surface area (Å²) in [6.07, 6.45) is 0. The van der Waals surface area contributed by atoms with E-state index in [4.69, 9.17) is 0 Å². The molecule has 6 heteroatoms. The van der Waals surface area contributed by atoms with Crippen molar-refractivity contribution in [3.8, 4) is 0 Å². The lowest BCUT2D eigenvalue weighted by Gasteiger charge is -2.27. The molecule has 1 heterocycles. The lowest BCUT2D eigenvalue weighted by atomic mass is 10.1. The fourth-order valence-corrected chi connectivity index (χ4v) is 4.08. The van der Waals surface area contributed by atoms with Gasteiger partial charge in [0.25, 0.3) is 0 Å². The monoisotopic (exact) mass is 310 g/mol. The van der Waals surface area contributed by atoms with Crippen LogP contribution in [0.3, 0.4) is 0 Å². The predicted molar refractivity (Wildman–Crippen MR) is 84.7 cm³/mol. The van der Waals surface area contributed by atoms with E-state index in [1.807, 2.05) is 38.1 Å². The number of benzene rings is 1. The number of nitrogens with one attached hydrogen (secondary N) is 1. The maximum atomic E-state index is 11.5. The van der Waals surface area contributed by atoms with Crippen LogP contribution in [0.4, 0.5) is 0 Å². The van der Waals surface area contributed by atoms with Gasteiger partial charge in [0.05, 0.1) is 10.2 Å². The van der Waals surface area contributed by atoms with E-state index in [0.29, 0.717) is 5.75 Å². The largest absolute Gasteiger partial charge is 0.480 e. The number of carboxylic acid groups (broad SMARTS) is 1. The number of hydrogen-bond acceptors (Lipinski definition) is 5. The van der Waals surface area contributed by atoms with Gasteiger partial charge in [-0.05, 0) is 32.9 Å². The molecule has 0 aliphatic carbocycles. The Morgan fingerprint density at radius 2 is 2.20 bits per heavy atom. The fraction of sp³-hybridized carbons (Fsp3) is 0.429. The summed E-state index contributed by atoms with van der Waals surface area (Å²) in [7, 11) is 0. The second-order valence-corrected chi connectivity index (χ2v) is 7.43. The summed E-state index contributed by atoms with van der Waals surface area (Å²) in [4.78, 5) is 16.0. The molecule has 2 aromatic rings. The Hall–Kier alpha value is -1.11. The van der Waals surface area contributed by atoms with Crippen molar-refractivity contribution in [3.05, 3.63) is 24.3 Å². The van der Waals surface area contributed by atoms with Gasteiger partial charge in [0.15, 0.2) is 4.34 Å². The van der Waals surface area contributed by atoms with Crippen molar-refractivity contribution in [1.29, 1.82) is 0 Å². The number of thioether (sulfide) groups is 1. The molecule has 2 N–H and O–H groups in total. The molecule has 1 atom stereocenters. The van der Waals surface area contributed by atoms with Crippen LogP contribution in [-0.4, -0.2) is 33.4 Å². The summed E-state index contributed by atoms with van der Waals surface area (Å²) < 4.78 is 2.04. The molecule has 1 unspecified atom stereocenters. The molecule has 0 bridgehead atoms.